The van der Waals surface area contributed by atoms with Crippen LogP contribution in [0.1, 0.15) is 52.7 Å². The van der Waals surface area contributed by atoms with Crippen LogP contribution < -0.4 is 0 Å². The second-order valence-corrected chi connectivity index (χ2v) is 13.8. The molecule has 0 saturated heterocycles. The normalized spacial score (nSPS) is 12.9. The van der Waals surface area contributed by atoms with E-state index in [1.54, 1.807) is 4.90 Å². The Morgan fingerprint density at radius 3 is 2.34 bits per heavy atom. The van der Waals surface area contributed by atoms with Crippen LogP contribution >= 0.6 is 10.0 Å². The lowest BCUT2D eigenvalue weighted by molar-refractivity contribution is 0.118. The van der Waals surface area contributed by atoms with E-state index in [1.807, 2.05) is 32.1 Å². The summed E-state index contributed by atoms with van der Waals surface area (Å²) in [6.45, 7) is 20.2. The molecule has 0 bridgehead atoms. The average Bonchev–Trinajstić information content (AvgIpc) is 2.80. The van der Waals surface area contributed by atoms with Crippen molar-refractivity contribution >= 4 is 16.1 Å². The Kier molecular flexibility index (Phi) is 13.0. The molecule has 194 valence electrons. The number of ether oxygens (including phenoxy) is 1. The van der Waals surface area contributed by atoms with Crippen LogP contribution in [0.15, 0.2) is 60.1 Å². The van der Waals surface area contributed by atoms with E-state index in [0.29, 0.717) is 19.0 Å². The zero-order valence-electron chi connectivity index (χ0n) is 23.2. The SMILES string of the molecule is C=C/C(=C\C)S(C)(C)COC(=O)N(CC)Cc1cccc(CN(CC)C/C=C/C#CC(C)(C)C)c1. The van der Waals surface area contributed by atoms with Crippen LogP contribution in [0.25, 0.3) is 0 Å². The number of rotatable bonds is 12. The molecule has 1 aromatic rings. The molecule has 4 nitrogen and oxygen atoms in total. The third-order valence-electron chi connectivity index (χ3n) is 5.47. The minimum absolute atomic E-state index is 0.0203. The minimum Gasteiger partial charge on any atom is -0.440 e. The fourth-order valence-electron chi connectivity index (χ4n) is 3.45. The van der Waals surface area contributed by atoms with Crippen molar-refractivity contribution in [3.05, 3.63) is 71.2 Å². The average molecular weight is 499 g/mol. The molecule has 35 heavy (non-hydrogen) atoms. The first-order chi connectivity index (χ1) is 16.5. The van der Waals surface area contributed by atoms with Gasteiger partial charge in [-0.05, 0) is 75.8 Å². The van der Waals surface area contributed by atoms with E-state index in [4.69, 9.17) is 4.74 Å². The van der Waals surface area contributed by atoms with E-state index in [9.17, 15) is 4.79 Å². The van der Waals surface area contributed by atoms with Gasteiger partial charge in [-0.1, -0.05) is 67.8 Å². The molecule has 0 spiro atoms. The van der Waals surface area contributed by atoms with Gasteiger partial charge in [0.05, 0.1) is 0 Å². The summed E-state index contributed by atoms with van der Waals surface area (Å²) < 4.78 is 5.72. The quantitative estimate of drug-likeness (QED) is 0.226. The van der Waals surface area contributed by atoms with Crippen molar-refractivity contribution in [2.45, 2.75) is 54.6 Å². The van der Waals surface area contributed by atoms with Crippen LogP contribution in [0.4, 0.5) is 4.79 Å². The maximum absolute atomic E-state index is 12.8. The highest BCUT2D eigenvalue weighted by atomic mass is 32.3. The van der Waals surface area contributed by atoms with Crippen molar-refractivity contribution in [3.63, 3.8) is 0 Å². The molecule has 5 heteroatoms. The third-order valence-corrected chi connectivity index (χ3v) is 7.86. The Labute approximate surface area is 216 Å². The Morgan fingerprint density at radius 2 is 1.80 bits per heavy atom. The number of likely N-dealkylation sites (N-methyl/N-ethyl adjacent to an activating group) is 1. The van der Waals surface area contributed by atoms with Gasteiger partial charge in [0, 0.05) is 31.6 Å². The van der Waals surface area contributed by atoms with Crippen molar-refractivity contribution in [2.24, 2.45) is 5.41 Å². The maximum Gasteiger partial charge on any atom is 0.410 e. The van der Waals surface area contributed by atoms with Gasteiger partial charge < -0.3 is 9.64 Å². The van der Waals surface area contributed by atoms with Gasteiger partial charge in [-0.25, -0.2) is 4.79 Å². The Morgan fingerprint density at radius 1 is 1.14 bits per heavy atom. The molecule has 1 amide bonds. The second kappa shape index (κ2) is 14.9. The van der Waals surface area contributed by atoms with Crippen LogP contribution in [-0.4, -0.2) is 54.0 Å². The molecule has 0 aliphatic rings. The molecule has 0 atom stereocenters. The highest BCUT2D eigenvalue weighted by Crippen LogP contribution is 2.49. The lowest BCUT2D eigenvalue weighted by Crippen LogP contribution is -2.32. The number of nitrogens with zero attached hydrogens (tertiary/aromatic N) is 2. The molecule has 1 aromatic carbocycles. The van der Waals surface area contributed by atoms with Crippen molar-refractivity contribution in [2.75, 3.05) is 38.1 Å². The van der Waals surface area contributed by atoms with E-state index in [2.05, 4.69) is 93.9 Å². The third kappa shape index (κ3) is 11.7. The van der Waals surface area contributed by atoms with E-state index in [-0.39, 0.29) is 11.5 Å². The van der Waals surface area contributed by atoms with E-state index in [0.717, 1.165) is 30.1 Å². The first kappa shape index (κ1) is 30.6. The van der Waals surface area contributed by atoms with Crippen LogP contribution in [0, 0.1) is 17.3 Å². The summed E-state index contributed by atoms with van der Waals surface area (Å²) in [6, 6.07) is 8.47. The maximum atomic E-state index is 12.8. The summed E-state index contributed by atoms with van der Waals surface area (Å²) in [5.74, 6) is 6.76. The first-order valence-electron chi connectivity index (χ1n) is 12.3. The molecule has 0 fully saturated rings. The molecule has 0 heterocycles. The second-order valence-electron chi connectivity index (χ2n) is 10.0. The minimum atomic E-state index is -1.22. The number of hydrogen-bond donors (Lipinski definition) is 0. The largest absolute Gasteiger partial charge is 0.440 e. The van der Waals surface area contributed by atoms with Crippen LogP contribution in [0.2, 0.25) is 0 Å². The highest BCUT2D eigenvalue weighted by molar-refractivity contribution is 8.35. The number of carbonyl (C=O) groups excluding carboxylic acids is 1. The molecular weight excluding hydrogens is 452 g/mol. The Bertz CT molecular complexity index is 945. The van der Waals surface area contributed by atoms with Gasteiger partial charge in [-0.15, -0.1) is 0 Å². The predicted molar refractivity (Wildman–Crippen MR) is 155 cm³/mol. The van der Waals surface area contributed by atoms with Crippen LogP contribution in [0.3, 0.4) is 0 Å². The molecular formula is C30H46N2O2S. The Balaban J connectivity index is 2.76. The fourth-order valence-corrected chi connectivity index (χ4v) is 5.08. The molecule has 0 radical (unpaired) electrons. The zero-order chi connectivity index (χ0) is 26.5. The molecule has 0 aliphatic carbocycles. The van der Waals surface area contributed by atoms with Crippen molar-refractivity contribution in [3.8, 4) is 11.8 Å². The van der Waals surface area contributed by atoms with Crippen molar-refractivity contribution in [1.29, 1.82) is 0 Å². The van der Waals surface area contributed by atoms with Crippen LogP contribution in [0.5, 0.6) is 0 Å². The van der Waals surface area contributed by atoms with Crippen LogP contribution in [-0.2, 0) is 17.8 Å². The zero-order valence-corrected chi connectivity index (χ0v) is 24.0. The van der Waals surface area contributed by atoms with Gasteiger partial charge in [0.25, 0.3) is 0 Å². The van der Waals surface area contributed by atoms with Gasteiger partial charge in [0.2, 0.25) is 0 Å². The van der Waals surface area contributed by atoms with Gasteiger partial charge in [-0.3, -0.25) is 4.90 Å². The van der Waals surface area contributed by atoms with Gasteiger partial charge in [-0.2, -0.15) is 10.0 Å². The molecule has 0 saturated carbocycles. The van der Waals surface area contributed by atoms with Gasteiger partial charge in [0.15, 0.2) is 0 Å². The summed E-state index contributed by atoms with van der Waals surface area (Å²) >= 11 is 0. The number of amides is 1. The predicted octanol–water partition coefficient (Wildman–Crippen LogP) is 7.18. The van der Waals surface area contributed by atoms with Gasteiger partial charge >= 0.3 is 6.09 Å². The smallest absolute Gasteiger partial charge is 0.410 e. The first-order valence-corrected chi connectivity index (χ1v) is 15.0. The number of carbonyl (C=O) groups is 1. The molecule has 0 aromatic heterocycles. The lowest BCUT2D eigenvalue weighted by atomic mass is 9.98. The topological polar surface area (TPSA) is 32.8 Å². The van der Waals surface area contributed by atoms with E-state index < -0.39 is 10.0 Å². The van der Waals surface area contributed by atoms with E-state index in [1.165, 1.54) is 5.56 Å². The van der Waals surface area contributed by atoms with Crippen molar-refractivity contribution < 1.29 is 9.53 Å². The standard InChI is InChI=1S/C30H46N2O2S/c1-10-28(11-2)35(8,9)25-34-29(33)32(13-4)24-27-19-17-18-26(22-27)23-31(12-3)21-16-14-15-20-30(5,6)7/h10-11,14,16-19,22H,1,12-13,21,23-25H2,2-9H3/b16-14+,28-11+. The molecule has 0 unspecified atom stereocenters. The monoisotopic (exact) mass is 498 g/mol. The molecule has 0 aliphatic heterocycles. The fraction of sp³-hybridized carbons (Fsp3) is 0.500. The number of benzene rings is 1. The highest BCUT2D eigenvalue weighted by Gasteiger charge is 2.20. The van der Waals surface area contributed by atoms with E-state index >= 15 is 0 Å². The summed E-state index contributed by atoms with van der Waals surface area (Å²) in [5.41, 5.74) is 2.36. The van der Waals surface area contributed by atoms with Gasteiger partial charge in [0.1, 0.15) is 5.94 Å². The number of hydrogen-bond acceptors (Lipinski definition) is 3. The molecule has 1 rings (SSSR count). The number of allylic oxidation sites excluding steroid dienone is 3. The lowest BCUT2D eigenvalue weighted by Gasteiger charge is -2.32. The Hall–Kier alpha value is -2.42. The van der Waals surface area contributed by atoms with Crippen molar-refractivity contribution in [1.82, 2.24) is 9.80 Å². The summed E-state index contributed by atoms with van der Waals surface area (Å²) in [7, 11) is -1.22. The summed E-state index contributed by atoms with van der Waals surface area (Å²) in [6.07, 6.45) is 12.0. The summed E-state index contributed by atoms with van der Waals surface area (Å²) in [5, 5.41) is 0. The molecule has 0 N–H and O–H groups in total. The summed E-state index contributed by atoms with van der Waals surface area (Å²) in [4.78, 5) is 18.1.